The van der Waals surface area contributed by atoms with Crippen molar-refractivity contribution in [3.63, 3.8) is 0 Å². The van der Waals surface area contributed by atoms with Crippen molar-refractivity contribution >= 4 is 23.5 Å². The molecule has 0 aliphatic carbocycles. The van der Waals surface area contributed by atoms with E-state index in [1.807, 2.05) is 0 Å². The summed E-state index contributed by atoms with van der Waals surface area (Å²) in [7, 11) is 0. The summed E-state index contributed by atoms with van der Waals surface area (Å²) in [6.07, 6.45) is -0.0714. The number of halogens is 1. The largest absolute Gasteiger partial charge is 0.480 e. The monoisotopic (exact) mass is 314 g/mol. The van der Waals surface area contributed by atoms with Gasteiger partial charge in [-0.25, -0.2) is 0 Å². The van der Waals surface area contributed by atoms with E-state index in [4.69, 9.17) is 16.3 Å². The Bertz CT molecular complexity index is 517. The Kier molecular flexibility index (Phi) is 6.18. The molecule has 1 aromatic carbocycles. The zero-order valence-corrected chi connectivity index (χ0v) is 12.8. The van der Waals surface area contributed by atoms with Crippen LogP contribution in [0.25, 0.3) is 0 Å². The van der Waals surface area contributed by atoms with Crippen molar-refractivity contribution in [2.45, 2.75) is 25.7 Å². The number of esters is 1. The van der Waals surface area contributed by atoms with Crippen LogP contribution in [0, 0.1) is 5.92 Å². The second-order valence-corrected chi connectivity index (χ2v) is 5.37. The molecule has 1 aromatic rings. The number of aliphatic hydroxyl groups is 1. The van der Waals surface area contributed by atoms with Gasteiger partial charge in [0.25, 0.3) is 0 Å². The lowest BCUT2D eigenvalue weighted by molar-refractivity contribution is -0.162. The quantitative estimate of drug-likeness (QED) is 0.595. The van der Waals surface area contributed by atoms with E-state index in [1.165, 1.54) is 12.1 Å². The molecule has 0 aromatic heterocycles. The van der Waals surface area contributed by atoms with Gasteiger partial charge in [-0.15, -0.1) is 0 Å². The summed E-state index contributed by atoms with van der Waals surface area (Å²) in [6, 6.07) is 6.15. The number of ether oxygens (including phenoxy) is 1. The maximum atomic E-state index is 12.3. The van der Waals surface area contributed by atoms with Crippen molar-refractivity contribution in [3.8, 4) is 0 Å². The van der Waals surface area contributed by atoms with Crippen molar-refractivity contribution in [1.29, 1.82) is 0 Å². The third-order valence-corrected chi connectivity index (χ3v) is 3.51. The molecule has 0 fully saturated rings. The molecule has 0 radical (unpaired) electrons. The molecule has 116 valence electrons. The number of aliphatic hydroxyl groups excluding tert-OH is 1. The molecule has 2 atom stereocenters. The predicted octanol–water partition coefficient (Wildman–Crippen LogP) is 2.24. The molecule has 0 amide bonds. The molecule has 0 bridgehead atoms. The van der Waals surface area contributed by atoms with Gasteiger partial charge in [-0.05, 0) is 37.0 Å². The maximum Gasteiger partial charge on any atom is 0.328 e. The van der Waals surface area contributed by atoms with E-state index in [2.05, 4.69) is 0 Å². The van der Waals surface area contributed by atoms with Gasteiger partial charge in [0.05, 0.1) is 6.61 Å². The third kappa shape index (κ3) is 3.74. The van der Waals surface area contributed by atoms with Crippen LogP contribution in [0.15, 0.2) is 24.3 Å². The number of carbonyl (C=O) groups is 2. The molecular weight excluding hydrogens is 296 g/mol. The SMILES string of the molecule is CCOC(=O)C(CC(C)CO)(C(=O)O)c1cccc(Cl)c1. The number of benzene rings is 1. The molecule has 2 unspecified atom stereocenters. The van der Waals surface area contributed by atoms with E-state index in [1.54, 1.807) is 26.0 Å². The molecule has 0 spiro atoms. The Morgan fingerprint density at radius 2 is 2.10 bits per heavy atom. The van der Waals surface area contributed by atoms with Gasteiger partial charge in [-0.1, -0.05) is 30.7 Å². The van der Waals surface area contributed by atoms with Crippen LogP contribution in [-0.2, 0) is 19.7 Å². The smallest absolute Gasteiger partial charge is 0.328 e. The number of aliphatic carboxylic acids is 1. The summed E-state index contributed by atoms with van der Waals surface area (Å²) in [6.45, 7) is 3.12. The molecule has 0 aliphatic rings. The highest BCUT2D eigenvalue weighted by Crippen LogP contribution is 2.35. The highest BCUT2D eigenvalue weighted by Gasteiger charge is 2.50. The summed E-state index contributed by atoms with van der Waals surface area (Å²) >= 11 is 5.91. The van der Waals surface area contributed by atoms with Gasteiger partial charge in [-0.3, -0.25) is 9.59 Å². The minimum atomic E-state index is -1.87. The molecular formula is C15H19ClO5. The summed E-state index contributed by atoms with van der Waals surface area (Å²) in [5, 5.41) is 19.2. The van der Waals surface area contributed by atoms with Gasteiger partial charge < -0.3 is 14.9 Å². The molecule has 21 heavy (non-hydrogen) atoms. The lowest BCUT2D eigenvalue weighted by Crippen LogP contribution is -2.46. The molecule has 6 heteroatoms. The normalized spacial score (nSPS) is 15.0. The molecule has 2 N–H and O–H groups in total. The van der Waals surface area contributed by atoms with E-state index >= 15 is 0 Å². The molecule has 0 heterocycles. The Morgan fingerprint density at radius 1 is 1.43 bits per heavy atom. The molecule has 0 aliphatic heterocycles. The second-order valence-electron chi connectivity index (χ2n) is 4.93. The van der Waals surface area contributed by atoms with Crippen LogP contribution in [0.1, 0.15) is 25.8 Å². The van der Waals surface area contributed by atoms with Gasteiger partial charge in [0.1, 0.15) is 0 Å². The van der Waals surface area contributed by atoms with Crippen LogP contribution in [-0.4, -0.2) is 35.4 Å². The van der Waals surface area contributed by atoms with Crippen LogP contribution in [0.4, 0.5) is 0 Å². The van der Waals surface area contributed by atoms with Crippen molar-refractivity contribution < 1.29 is 24.5 Å². The lowest BCUT2D eigenvalue weighted by Gasteiger charge is -2.29. The first kappa shape index (κ1) is 17.5. The minimum Gasteiger partial charge on any atom is -0.480 e. The van der Waals surface area contributed by atoms with Gasteiger partial charge in [-0.2, -0.15) is 0 Å². The molecule has 0 saturated heterocycles. The number of hydrogen-bond donors (Lipinski definition) is 2. The predicted molar refractivity (Wildman–Crippen MR) is 78.3 cm³/mol. The Hall–Kier alpha value is -1.59. The standard InChI is InChI=1S/C15H19ClO5/c1-3-21-14(20)15(13(18)19,8-10(2)9-17)11-5-4-6-12(16)7-11/h4-7,10,17H,3,8-9H2,1-2H3,(H,18,19). The van der Waals surface area contributed by atoms with E-state index in [0.717, 1.165) is 0 Å². The summed E-state index contributed by atoms with van der Waals surface area (Å²) < 4.78 is 4.96. The van der Waals surface area contributed by atoms with E-state index in [9.17, 15) is 19.8 Å². The van der Waals surface area contributed by atoms with Crippen molar-refractivity contribution in [1.82, 2.24) is 0 Å². The minimum absolute atomic E-state index is 0.0714. The number of hydrogen-bond acceptors (Lipinski definition) is 4. The third-order valence-electron chi connectivity index (χ3n) is 3.27. The van der Waals surface area contributed by atoms with Gasteiger partial charge in [0.2, 0.25) is 0 Å². The maximum absolute atomic E-state index is 12.3. The summed E-state index contributed by atoms with van der Waals surface area (Å²) in [5.41, 5.74) is -1.62. The second kappa shape index (κ2) is 7.43. The average molecular weight is 315 g/mol. The van der Waals surface area contributed by atoms with E-state index < -0.39 is 17.4 Å². The van der Waals surface area contributed by atoms with Crippen molar-refractivity contribution in [3.05, 3.63) is 34.9 Å². The Morgan fingerprint density at radius 3 is 2.57 bits per heavy atom. The number of carboxylic acid groups (broad SMARTS) is 1. The van der Waals surface area contributed by atoms with Crippen LogP contribution in [0.5, 0.6) is 0 Å². The Labute approximate surface area is 128 Å². The number of carbonyl (C=O) groups excluding carboxylic acids is 1. The molecule has 5 nitrogen and oxygen atoms in total. The van der Waals surface area contributed by atoms with Gasteiger partial charge in [0, 0.05) is 11.6 Å². The average Bonchev–Trinajstić information content (AvgIpc) is 2.44. The fourth-order valence-electron chi connectivity index (χ4n) is 2.21. The first-order chi connectivity index (χ1) is 9.88. The zero-order valence-electron chi connectivity index (χ0n) is 12.0. The van der Waals surface area contributed by atoms with Crippen LogP contribution in [0.2, 0.25) is 5.02 Å². The van der Waals surface area contributed by atoms with Crippen LogP contribution < -0.4 is 0 Å². The Balaban J connectivity index is 3.43. The van der Waals surface area contributed by atoms with E-state index in [0.29, 0.717) is 5.02 Å². The summed E-state index contributed by atoms with van der Waals surface area (Å²) in [4.78, 5) is 24.2. The first-order valence-electron chi connectivity index (χ1n) is 6.66. The zero-order chi connectivity index (χ0) is 16.0. The lowest BCUT2D eigenvalue weighted by atomic mass is 9.74. The van der Waals surface area contributed by atoms with Crippen LogP contribution >= 0.6 is 11.6 Å². The number of rotatable bonds is 7. The molecule has 0 saturated carbocycles. The highest BCUT2D eigenvalue weighted by molar-refractivity contribution is 6.30. The van der Waals surface area contributed by atoms with Crippen molar-refractivity contribution in [2.24, 2.45) is 5.92 Å². The topological polar surface area (TPSA) is 83.8 Å². The van der Waals surface area contributed by atoms with Crippen molar-refractivity contribution in [2.75, 3.05) is 13.2 Å². The number of carboxylic acids is 1. The highest BCUT2D eigenvalue weighted by atomic mass is 35.5. The van der Waals surface area contributed by atoms with E-state index in [-0.39, 0.29) is 31.1 Å². The first-order valence-corrected chi connectivity index (χ1v) is 7.03. The van der Waals surface area contributed by atoms with Gasteiger partial charge >= 0.3 is 11.9 Å². The fourth-order valence-corrected chi connectivity index (χ4v) is 2.40. The van der Waals surface area contributed by atoms with Gasteiger partial charge in [0.15, 0.2) is 5.41 Å². The van der Waals surface area contributed by atoms with Crippen LogP contribution in [0.3, 0.4) is 0 Å². The summed E-state index contributed by atoms with van der Waals surface area (Å²) in [5.74, 6) is -2.55. The fraction of sp³-hybridized carbons (Fsp3) is 0.467. The molecule has 1 rings (SSSR count).